The molecule has 24 heavy (non-hydrogen) atoms. The fraction of sp³-hybridized carbons (Fsp3) is 0.588. The van der Waals surface area contributed by atoms with Crippen LogP contribution in [0.25, 0.3) is 0 Å². The Bertz CT molecular complexity index is 698. The second kappa shape index (κ2) is 6.55. The molecule has 0 radical (unpaired) electrons. The summed E-state index contributed by atoms with van der Waals surface area (Å²) in [6.45, 7) is 2.66. The largest absolute Gasteiger partial charge is 0.347 e. The molecule has 0 aliphatic carbocycles. The highest BCUT2D eigenvalue weighted by Gasteiger charge is 2.36. The van der Waals surface area contributed by atoms with Crippen LogP contribution in [0.3, 0.4) is 0 Å². The summed E-state index contributed by atoms with van der Waals surface area (Å²) >= 11 is 1.65. The van der Waals surface area contributed by atoms with Crippen LogP contribution < -0.4 is 4.90 Å². The summed E-state index contributed by atoms with van der Waals surface area (Å²) in [7, 11) is 1.93. The number of carbonyl (C=O) groups excluding carboxylic acids is 1. The van der Waals surface area contributed by atoms with Crippen LogP contribution in [0.5, 0.6) is 0 Å². The van der Waals surface area contributed by atoms with Gasteiger partial charge in [0.05, 0.1) is 18.2 Å². The van der Waals surface area contributed by atoms with Crippen LogP contribution in [0.4, 0.5) is 5.13 Å². The first kappa shape index (κ1) is 15.6. The van der Waals surface area contributed by atoms with E-state index in [1.54, 1.807) is 11.3 Å². The third kappa shape index (κ3) is 2.92. The maximum atomic E-state index is 13.2. The highest BCUT2D eigenvalue weighted by molar-refractivity contribution is 7.13. The number of aryl methyl sites for hydroxylation is 1. The van der Waals surface area contributed by atoms with Gasteiger partial charge in [-0.05, 0) is 25.7 Å². The molecule has 4 rings (SSSR count). The van der Waals surface area contributed by atoms with E-state index in [0.717, 1.165) is 56.0 Å². The first-order chi connectivity index (χ1) is 11.7. The van der Waals surface area contributed by atoms with Gasteiger partial charge in [0.25, 0.3) is 0 Å². The van der Waals surface area contributed by atoms with Crippen molar-refractivity contribution in [2.75, 3.05) is 24.5 Å². The smallest absolute Gasteiger partial charge is 0.227 e. The van der Waals surface area contributed by atoms with Gasteiger partial charge in [0.15, 0.2) is 5.13 Å². The van der Waals surface area contributed by atoms with Crippen molar-refractivity contribution in [1.82, 2.24) is 19.7 Å². The highest BCUT2D eigenvalue weighted by Crippen LogP contribution is 2.34. The van der Waals surface area contributed by atoms with Crippen LogP contribution in [0.15, 0.2) is 24.0 Å². The molecule has 2 aliphatic rings. The first-order valence-electron chi connectivity index (χ1n) is 8.66. The van der Waals surface area contributed by atoms with Gasteiger partial charge in [0, 0.05) is 50.0 Å². The lowest BCUT2D eigenvalue weighted by molar-refractivity contribution is -0.136. The maximum Gasteiger partial charge on any atom is 0.227 e. The van der Waals surface area contributed by atoms with Gasteiger partial charge >= 0.3 is 0 Å². The van der Waals surface area contributed by atoms with Crippen molar-refractivity contribution in [3.63, 3.8) is 0 Å². The fourth-order valence-corrected chi connectivity index (χ4v) is 4.63. The molecule has 4 heterocycles. The summed E-state index contributed by atoms with van der Waals surface area (Å²) in [5, 5.41) is 7.32. The van der Waals surface area contributed by atoms with E-state index in [1.165, 1.54) is 0 Å². The quantitative estimate of drug-likeness (QED) is 0.857. The van der Waals surface area contributed by atoms with E-state index in [-0.39, 0.29) is 12.0 Å². The number of hydrogen-bond donors (Lipinski definition) is 0. The lowest BCUT2D eigenvalue weighted by Gasteiger charge is -2.35. The monoisotopic (exact) mass is 345 g/mol. The third-order valence-corrected chi connectivity index (χ3v) is 5.94. The molecule has 2 aliphatic heterocycles. The number of piperidine rings is 1. The summed E-state index contributed by atoms with van der Waals surface area (Å²) in [6.07, 6.45) is 9.94. The van der Waals surface area contributed by atoms with Crippen molar-refractivity contribution >= 4 is 22.4 Å². The molecule has 2 aromatic rings. The second-order valence-electron chi connectivity index (χ2n) is 6.74. The maximum absolute atomic E-state index is 13.2. The van der Waals surface area contributed by atoms with E-state index >= 15 is 0 Å². The number of carbonyl (C=O) groups is 1. The minimum absolute atomic E-state index is 0.0833. The average Bonchev–Trinajstić information content (AvgIpc) is 3.35. The van der Waals surface area contributed by atoms with Crippen LogP contribution in [0.2, 0.25) is 0 Å². The number of hydrogen-bond acceptors (Lipinski definition) is 5. The number of aromatic nitrogens is 3. The Balaban J connectivity index is 1.48. The van der Waals surface area contributed by atoms with Crippen LogP contribution >= 0.6 is 11.3 Å². The van der Waals surface area contributed by atoms with Gasteiger partial charge < -0.3 is 9.80 Å². The van der Waals surface area contributed by atoms with Crippen molar-refractivity contribution in [3.8, 4) is 0 Å². The van der Waals surface area contributed by atoms with Gasteiger partial charge in [-0.15, -0.1) is 11.3 Å². The van der Waals surface area contributed by atoms with Crippen molar-refractivity contribution in [3.05, 3.63) is 29.5 Å². The summed E-state index contributed by atoms with van der Waals surface area (Å²) in [6, 6.07) is 0.196. The molecule has 2 saturated heterocycles. The van der Waals surface area contributed by atoms with Crippen LogP contribution in [-0.4, -0.2) is 45.2 Å². The normalized spacial score (nSPS) is 24.5. The van der Waals surface area contributed by atoms with E-state index in [2.05, 4.69) is 19.9 Å². The minimum Gasteiger partial charge on any atom is -0.347 e. The molecule has 2 fully saturated rings. The molecular formula is C17H23N5OS. The molecule has 0 bridgehead atoms. The van der Waals surface area contributed by atoms with Crippen molar-refractivity contribution < 1.29 is 4.79 Å². The summed E-state index contributed by atoms with van der Waals surface area (Å²) < 4.78 is 1.82. The number of rotatable bonds is 3. The summed E-state index contributed by atoms with van der Waals surface area (Å²) in [5.41, 5.74) is 1.16. The van der Waals surface area contributed by atoms with Crippen molar-refractivity contribution in [2.24, 2.45) is 13.0 Å². The van der Waals surface area contributed by atoms with E-state index < -0.39 is 0 Å². The minimum atomic E-state index is 0.0833. The van der Waals surface area contributed by atoms with Crippen molar-refractivity contribution in [1.29, 1.82) is 0 Å². The Morgan fingerprint density at radius 2 is 2.17 bits per heavy atom. The van der Waals surface area contributed by atoms with E-state index in [4.69, 9.17) is 0 Å². The summed E-state index contributed by atoms with van der Waals surface area (Å²) in [5.74, 6) is 0.391. The zero-order chi connectivity index (χ0) is 16.5. The molecule has 0 unspecified atom stereocenters. The Labute approximate surface area is 146 Å². The number of thiazole rings is 1. The molecule has 128 valence electrons. The number of anilines is 1. The lowest BCUT2D eigenvalue weighted by atomic mass is 9.96. The Kier molecular flexibility index (Phi) is 4.26. The molecule has 0 saturated carbocycles. The first-order valence-corrected chi connectivity index (χ1v) is 9.54. The molecule has 7 heteroatoms. The molecule has 6 nitrogen and oxygen atoms in total. The predicted molar refractivity (Wildman–Crippen MR) is 93.9 cm³/mol. The predicted octanol–water partition coefficient (Wildman–Crippen LogP) is 2.46. The topological polar surface area (TPSA) is 54.3 Å². The van der Waals surface area contributed by atoms with Gasteiger partial charge in [-0.25, -0.2) is 4.98 Å². The Hall–Kier alpha value is -1.89. The molecule has 0 spiro atoms. The van der Waals surface area contributed by atoms with Gasteiger partial charge in [-0.3, -0.25) is 9.48 Å². The number of likely N-dealkylation sites (tertiary alicyclic amines) is 1. The summed E-state index contributed by atoms with van der Waals surface area (Å²) in [4.78, 5) is 21.9. The van der Waals surface area contributed by atoms with Gasteiger partial charge in [0.2, 0.25) is 5.91 Å². The Morgan fingerprint density at radius 3 is 2.92 bits per heavy atom. The van der Waals surface area contributed by atoms with Crippen LogP contribution in [-0.2, 0) is 11.8 Å². The molecular weight excluding hydrogens is 322 g/mol. The molecule has 2 atom stereocenters. The third-order valence-electron chi connectivity index (χ3n) is 5.11. The van der Waals surface area contributed by atoms with Gasteiger partial charge in [0.1, 0.15) is 0 Å². The molecule has 0 aromatic carbocycles. The standard InChI is InChI=1S/C17H23N5OS/c1-20-11-14(10-19-20)15-5-3-8-22(15)16(23)13-4-2-7-21(12-13)17-18-6-9-24-17/h6,9-11,13,15H,2-5,7-8,12H2,1H3/t13-,15-/m0/s1. The van der Waals surface area contributed by atoms with Crippen molar-refractivity contribution in [2.45, 2.75) is 31.7 Å². The lowest BCUT2D eigenvalue weighted by Crippen LogP contribution is -2.44. The molecule has 0 N–H and O–H groups in total. The zero-order valence-corrected chi connectivity index (χ0v) is 14.8. The Morgan fingerprint density at radius 1 is 1.29 bits per heavy atom. The average molecular weight is 345 g/mol. The zero-order valence-electron chi connectivity index (χ0n) is 14.0. The fourth-order valence-electron chi connectivity index (χ4n) is 3.95. The van der Waals surface area contributed by atoms with Crippen LogP contribution in [0.1, 0.15) is 37.3 Å². The van der Waals surface area contributed by atoms with E-state index in [1.807, 2.05) is 35.7 Å². The van der Waals surface area contributed by atoms with Crippen LogP contribution in [0, 0.1) is 5.92 Å². The number of amides is 1. The molecule has 1 amide bonds. The number of nitrogens with zero attached hydrogens (tertiary/aromatic N) is 5. The molecule has 2 aromatic heterocycles. The highest BCUT2D eigenvalue weighted by atomic mass is 32.1. The van der Waals surface area contributed by atoms with Gasteiger partial charge in [-0.1, -0.05) is 0 Å². The van der Waals surface area contributed by atoms with E-state index in [9.17, 15) is 4.79 Å². The van der Waals surface area contributed by atoms with E-state index in [0.29, 0.717) is 5.91 Å². The second-order valence-corrected chi connectivity index (χ2v) is 7.61. The SMILES string of the molecule is Cn1cc([C@@H]2CCCN2C(=O)[C@H]2CCCN(c3nccs3)C2)cn1. The van der Waals surface area contributed by atoms with Gasteiger partial charge in [-0.2, -0.15) is 5.10 Å².